The van der Waals surface area contributed by atoms with Gasteiger partial charge in [-0.05, 0) is 50.9 Å². The normalized spacial score (nSPS) is 33.1. The first-order valence-electron chi connectivity index (χ1n) is 11.5. The predicted molar refractivity (Wildman–Crippen MR) is 115 cm³/mol. The first kappa shape index (κ1) is 20.0. The summed E-state index contributed by atoms with van der Waals surface area (Å²) in [5.41, 5.74) is 0.230. The van der Waals surface area contributed by atoms with Crippen LogP contribution in [0.5, 0.6) is 5.75 Å². The van der Waals surface area contributed by atoms with Crippen molar-refractivity contribution in [3.8, 4) is 5.75 Å². The van der Waals surface area contributed by atoms with E-state index in [1.165, 1.54) is 0 Å². The molecule has 0 N–H and O–H groups in total. The van der Waals surface area contributed by atoms with Crippen LogP contribution in [0.25, 0.3) is 0 Å². The van der Waals surface area contributed by atoms with Gasteiger partial charge in [-0.25, -0.2) is 0 Å². The number of carbonyl (C=O) groups is 2. The molecule has 4 atom stereocenters. The van der Waals surface area contributed by atoms with Crippen molar-refractivity contribution in [2.75, 3.05) is 53.4 Å². The van der Waals surface area contributed by atoms with Crippen LogP contribution in [0, 0.1) is 17.8 Å². The summed E-state index contributed by atoms with van der Waals surface area (Å²) in [6.07, 6.45) is 3.31. The number of ketones is 1. The molecule has 1 amide bonds. The van der Waals surface area contributed by atoms with Crippen molar-refractivity contribution in [2.24, 2.45) is 17.8 Å². The van der Waals surface area contributed by atoms with Crippen LogP contribution in [0.15, 0.2) is 24.3 Å². The molecule has 2 heterocycles. The third kappa shape index (κ3) is 3.44. The Morgan fingerprint density at radius 3 is 2.80 bits per heavy atom. The Hall–Kier alpha value is -1.92. The van der Waals surface area contributed by atoms with E-state index in [2.05, 4.69) is 16.8 Å². The number of carbonyl (C=O) groups excluding carboxylic acids is 2. The third-order valence-electron chi connectivity index (χ3n) is 7.86. The maximum atomic E-state index is 13.2. The molecule has 2 aliphatic carbocycles. The minimum atomic E-state index is -0.461. The van der Waals surface area contributed by atoms with E-state index in [1.807, 2.05) is 36.2 Å². The molecule has 162 valence electrons. The monoisotopic (exact) mass is 411 g/mol. The Morgan fingerprint density at radius 2 is 2.00 bits per heavy atom. The molecule has 4 aliphatic rings. The van der Waals surface area contributed by atoms with Crippen molar-refractivity contribution in [3.05, 3.63) is 29.8 Å². The molecular formula is C24H33N3O3. The molecule has 30 heavy (non-hydrogen) atoms. The Bertz CT molecular complexity index is 835. The van der Waals surface area contributed by atoms with Gasteiger partial charge in [-0.2, -0.15) is 0 Å². The van der Waals surface area contributed by atoms with Crippen LogP contribution < -0.4 is 4.74 Å². The molecule has 1 spiro atoms. The maximum Gasteiger partial charge on any atom is 0.226 e. The van der Waals surface area contributed by atoms with E-state index in [0.717, 1.165) is 58.5 Å². The Balaban J connectivity index is 1.17. The number of ether oxygens (including phenoxy) is 1. The van der Waals surface area contributed by atoms with E-state index >= 15 is 0 Å². The van der Waals surface area contributed by atoms with Crippen LogP contribution in [-0.4, -0.2) is 85.4 Å². The minimum absolute atomic E-state index is 0.0328. The summed E-state index contributed by atoms with van der Waals surface area (Å²) >= 11 is 0. The molecule has 2 aliphatic heterocycles. The highest BCUT2D eigenvalue weighted by atomic mass is 16.5. The summed E-state index contributed by atoms with van der Waals surface area (Å²) in [6, 6.07) is 7.54. The molecule has 6 nitrogen and oxygen atoms in total. The summed E-state index contributed by atoms with van der Waals surface area (Å²) in [5, 5.41) is 0. The van der Waals surface area contributed by atoms with Gasteiger partial charge in [0.05, 0.1) is 12.0 Å². The first-order valence-corrected chi connectivity index (χ1v) is 11.5. The second-order valence-electron chi connectivity index (χ2n) is 9.78. The average Bonchev–Trinajstić information content (AvgIpc) is 3.39. The van der Waals surface area contributed by atoms with Crippen molar-refractivity contribution < 1.29 is 14.3 Å². The fraction of sp³-hybridized carbons (Fsp3) is 0.667. The highest BCUT2D eigenvalue weighted by Gasteiger charge is 2.70. The van der Waals surface area contributed by atoms with Gasteiger partial charge in [0.2, 0.25) is 5.91 Å². The lowest BCUT2D eigenvalue weighted by molar-refractivity contribution is -0.133. The lowest BCUT2D eigenvalue weighted by Gasteiger charge is -2.37. The van der Waals surface area contributed by atoms with Gasteiger partial charge in [0.15, 0.2) is 5.78 Å². The van der Waals surface area contributed by atoms with Gasteiger partial charge in [-0.3, -0.25) is 9.59 Å². The topological polar surface area (TPSA) is 53.1 Å². The third-order valence-corrected chi connectivity index (χ3v) is 7.86. The SMILES string of the molecule is CN1CCN(CCCN(C)C(=O)C2C3CCC4(CC(=O)c5ccccc5O4)C32)CC1. The Labute approximate surface area is 179 Å². The van der Waals surface area contributed by atoms with Crippen molar-refractivity contribution in [1.82, 2.24) is 14.7 Å². The number of likely N-dealkylation sites (N-methyl/N-ethyl adjacent to an activating group) is 1. The van der Waals surface area contributed by atoms with Gasteiger partial charge in [0.25, 0.3) is 0 Å². The number of hydrogen-bond acceptors (Lipinski definition) is 5. The summed E-state index contributed by atoms with van der Waals surface area (Å²) in [5.74, 6) is 1.73. The fourth-order valence-corrected chi connectivity index (χ4v) is 6.07. The molecule has 1 saturated heterocycles. The molecule has 1 aromatic rings. The standard InChI is InChI=1S/C24H33N3O3/c1-25-12-14-27(15-13-25)11-5-10-26(2)23(29)21-18-8-9-24(22(18)21)16-19(28)17-6-3-4-7-20(17)30-24/h3-4,6-7,18,21-22H,5,8-16H2,1-2H3. The lowest BCUT2D eigenvalue weighted by Crippen LogP contribution is -2.45. The number of benzene rings is 1. The van der Waals surface area contributed by atoms with Gasteiger partial charge in [-0.1, -0.05) is 12.1 Å². The lowest BCUT2D eigenvalue weighted by atomic mass is 9.84. The molecule has 0 bridgehead atoms. The first-order chi connectivity index (χ1) is 14.5. The van der Waals surface area contributed by atoms with Crippen molar-refractivity contribution in [1.29, 1.82) is 0 Å². The van der Waals surface area contributed by atoms with Crippen LogP contribution in [0.3, 0.4) is 0 Å². The highest BCUT2D eigenvalue weighted by Crippen LogP contribution is 2.66. The number of hydrogen-bond donors (Lipinski definition) is 0. The van der Waals surface area contributed by atoms with Crippen molar-refractivity contribution >= 4 is 11.7 Å². The van der Waals surface area contributed by atoms with Gasteiger partial charge in [0, 0.05) is 51.6 Å². The van der Waals surface area contributed by atoms with Crippen LogP contribution in [0.1, 0.15) is 36.0 Å². The Morgan fingerprint density at radius 1 is 1.23 bits per heavy atom. The van der Waals surface area contributed by atoms with E-state index in [-0.39, 0.29) is 23.5 Å². The smallest absolute Gasteiger partial charge is 0.226 e. The second kappa shape index (κ2) is 7.65. The molecular weight excluding hydrogens is 378 g/mol. The number of rotatable bonds is 5. The quantitative estimate of drug-likeness (QED) is 0.743. The number of nitrogens with zero attached hydrogens (tertiary/aromatic N) is 3. The minimum Gasteiger partial charge on any atom is -0.486 e. The maximum absolute atomic E-state index is 13.2. The van der Waals surface area contributed by atoms with Crippen molar-refractivity contribution in [2.45, 2.75) is 31.3 Å². The zero-order valence-electron chi connectivity index (χ0n) is 18.2. The van der Waals surface area contributed by atoms with E-state index in [9.17, 15) is 9.59 Å². The van der Waals surface area contributed by atoms with Crippen LogP contribution in [-0.2, 0) is 4.79 Å². The predicted octanol–water partition coefficient (Wildman–Crippen LogP) is 2.14. The van der Waals surface area contributed by atoms with Crippen LogP contribution in [0.2, 0.25) is 0 Å². The summed E-state index contributed by atoms with van der Waals surface area (Å²) in [4.78, 5) is 32.7. The summed E-state index contributed by atoms with van der Waals surface area (Å²) < 4.78 is 6.43. The number of amides is 1. The second-order valence-corrected chi connectivity index (χ2v) is 9.78. The van der Waals surface area contributed by atoms with Crippen LogP contribution in [0.4, 0.5) is 0 Å². The van der Waals surface area contributed by atoms with Crippen molar-refractivity contribution in [3.63, 3.8) is 0 Å². The number of para-hydroxylation sites is 1. The van der Waals surface area contributed by atoms with E-state index < -0.39 is 5.60 Å². The van der Waals surface area contributed by atoms with Gasteiger partial charge in [0.1, 0.15) is 11.4 Å². The molecule has 2 saturated carbocycles. The number of piperazine rings is 1. The molecule has 5 rings (SSSR count). The van der Waals surface area contributed by atoms with Gasteiger partial charge in [-0.15, -0.1) is 0 Å². The zero-order chi connectivity index (χ0) is 20.9. The van der Waals surface area contributed by atoms with E-state index in [0.29, 0.717) is 23.7 Å². The highest BCUT2D eigenvalue weighted by molar-refractivity contribution is 6.00. The van der Waals surface area contributed by atoms with Crippen LogP contribution >= 0.6 is 0 Å². The molecule has 0 aromatic heterocycles. The summed E-state index contributed by atoms with van der Waals surface area (Å²) in [7, 11) is 4.11. The van der Waals surface area contributed by atoms with Gasteiger partial charge < -0.3 is 19.4 Å². The molecule has 4 unspecified atom stereocenters. The van der Waals surface area contributed by atoms with Gasteiger partial charge >= 0.3 is 0 Å². The number of fused-ring (bicyclic) bond motifs is 3. The summed E-state index contributed by atoms with van der Waals surface area (Å²) in [6.45, 7) is 6.36. The molecule has 0 radical (unpaired) electrons. The molecule has 3 fully saturated rings. The largest absolute Gasteiger partial charge is 0.486 e. The molecule has 6 heteroatoms. The average molecular weight is 412 g/mol. The fourth-order valence-electron chi connectivity index (χ4n) is 6.07. The molecule has 1 aromatic carbocycles. The van der Waals surface area contributed by atoms with E-state index in [4.69, 9.17) is 4.74 Å². The zero-order valence-corrected chi connectivity index (χ0v) is 18.2. The number of Topliss-reactive ketones (excluding diaryl/α,β-unsaturated/α-hetero) is 1. The van der Waals surface area contributed by atoms with E-state index in [1.54, 1.807) is 0 Å². The Kier molecular flexibility index (Phi) is 5.10.